The average Bonchev–Trinajstić information content (AvgIpc) is 2.93. The van der Waals surface area contributed by atoms with Crippen molar-refractivity contribution in [2.45, 2.75) is 17.1 Å². The van der Waals surface area contributed by atoms with Crippen LogP contribution in [0.4, 0.5) is 11.4 Å². The Labute approximate surface area is 220 Å². The van der Waals surface area contributed by atoms with Crippen LogP contribution < -0.4 is 10.6 Å². The number of carbonyl (C=O) groups excluding carboxylic acids is 2. The van der Waals surface area contributed by atoms with E-state index in [0.717, 1.165) is 32.5 Å². The van der Waals surface area contributed by atoms with Crippen LogP contribution in [0.2, 0.25) is 0 Å². The van der Waals surface area contributed by atoms with Gasteiger partial charge >= 0.3 is 0 Å². The highest BCUT2D eigenvalue weighted by Crippen LogP contribution is 2.37. The summed E-state index contributed by atoms with van der Waals surface area (Å²) in [6.07, 6.45) is 0. The van der Waals surface area contributed by atoms with Gasteiger partial charge in [-0.05, 0) is 60.3 Å². The second-order valence-corrected chi connectivity index (χ2v) is 9.95. The van der Waals surface area contributed by atoms with Crippen molar-refractivity contribution in [2.75, 3.05) is 10.6 Å². The van der Waals surface area contributed by atoms with Gasteiger partial charge in [0.05, 0.1) is 0 Å². The molecule has 182 valence electrons. The smallest absolute Gasteiger partial charge is 0.255 e. The maximum absolute atomic E-state index is 13.6. The van der Waals surface area contributed by atoms with Crippen molar-refractivity contribution >= 4 is 45.7 Å². The summed E-state index contributed by atoms with van der Waals surface area (Å²) < 4.78 is 0. The van der Waals surface area contributed by atoms with E-state index in [4.69, 9.17) is 0 Å². The number of nitrogens with one attached hydrogen (secondary N) is 2. The first kappa shape index (κ1) is 24.3. The van der Waals surface area contributed by atoms with Crippen LogP contribution in [-0.2, 0) is 4.79 Å². The summed E-state index contributed by atoms with van der Waals surface area (Å²) in [5.74, 6) is -0.245. The molecule has 0 radical (unpaired) electrons. The van der Waals surface area contributed by atoms with E-state index >= 15 is 0 Å². The van der Waals surface area contributed by atoms with Crippen LogP contribution in [0.3, 0.4) is 0 Å². The van der Waals surface area contributed by atoms with E-state index in [1.807, 2.05) is 122 Å². The minimum Gasteiger partial charge on any atom is -0.324 e. The molecule has 0 aromatic heterocycles. The first-order chi connectivity index (χ1) is 18.1. The molecule has 0 aliphatic heterocycles. The van der Waals surface area contributed by atoms with Gasteiger partial charge in [-0.2, -0.15) is 0 Å². The quantitative estimate of drug-likeness (QED) is 0.223. The molecule has 2 N–H and O–H groups in total. The molecule has 0 saturated heterocycles. The van der Waals surface area contributed by atoms with Gasteiger partial charge in [0, 0.05) is 27.2 Å². The first-order valence-electron chi connectivity index (χ1n) is 12.1. The summed E-state index contributed by atoms with van der Waals surface area (Å²) in [6.45, 7) is 1.96. The van der Waals surface area contributed by atoms with Gasteiger partial charge in [0.2, 0.25) is 5.91 Å². The summed E-state index contributed by atoms with van der Waals surface area (Å²) in [5, 5.41) is 7.72. The van der Waals surface area contributed by atoms with Gasteiger partial charge in [0.15, 0.2) is 0 Å². The molecule has 5 rings (SSSR count). The zero-order valence-electron chi connectivity index (χ0n) is 20.3. The maximum atomic E-state index is 13.6. The summed E-state index contributed by atoms with van der Waals surface area (Å²) in [7, 11) is 0. The fourth-order valence-electron chi connectivity index (χ4n) is 4.18. The molecule has 0 aliphatic carbocycles. The van der Waals surface area contributed by atoms with Crippen LogP contribution in [0.5, 0.6) is 0 Å². The molecule has 0 saturated carbocycles. The number of benzene rings is 5. The lowest BCUT2D eigenvalue weighted by atomic mass is 10.1. The van der Waals surface area contributed by atoms with Crippen molar-refractivity contribution in [3.8, 4) is 0 Å². The van der Waals surface area contributed by atoms with Crippen molar-refractivity contribution in [3.05, 3.63) is 138 Å². The Hall–Kier alpha value is -4.35. The molecular weight excluding hydrogens is 476 g/mol. The molecule has 0 aliphatic rings. The molecule has 0 heterocycles. The highest BCUT2D eigenvalue weighted by atomic mass is 32.2. The van der Waals surface area contributed by atoms with E-state index in [2.05, 4.69) is 10.6 Å². The second kappa shape index (κ2) is 11.1. The van der Waals surface area contributed by atoms with Gasteiger partial charge in [-0.1, -0.05) is 84.4 Å². The summed E-state index contributed by atoms with van der Waals surface area (Å²) >= 11 is 1.48. The lowest BCUT2D eigenvalue weighted by Gasteiger charge is -2.18. The normalized spacial score (nSPS) is 11.6. The van der Waals surface area contributed by atoms with Crippen LogP contribution in [0, 0.1) is 6.92 Å². The van der Waals surface area contributed by atoms with E-state index in [9.17, 15) is 9.59 Å². The lowest BCUT2D eigenvalue weighted by Crippen LogP contribution is -2.19. The van der Waals surface area contributed by atoms with Crippen molar-refractivity contribution in [2.24, 2.45) is 0 Å². The lowest BCUT2D eigenvalue weighted by molar-refractivity contribution is -0.115. The standard InChI is InChI=1S/C32H26N2O2S/c1-22-9-7-14-25(21-22)31(35)33-26-17-19-27(20-18-26)37-30(24-11-3-2-4-12-24)32(36)34-29-16-8-13-23-10-5-6-15-28(23)29/h2-21,30H,1H3,(H,33,35)(H,34,36). The Morgan fingerprint density at radius 3 is 2.19 bits per heavy atom. The van der Waals surface area contributed by atoms with Crippen LogP contribution in [-0.4, -0.2) is 11.8 Å². The van der Waals surface area contributed by atoms with Crippen LogP contribution >= 0.6 is 11.8 Å². The summed E-state index contributed by atoms with van der Waals surface area (Å²) in [4.78, 5) is 27.1. The molecule has 0 bridgehead atoms. The molecule has 2 amide bonds. The van der Waals surface area contributed by atoms with Gasteiger partial charge in [-0.3, -0.25) is 9.59 Å². The highest BCUT2D eigenvalue weighted by molar-refractivity contribution is 8.00. The number of thioether (sulfide) groups is 1. The first-order valence-corrected chi connectivity index (χ1v) is 12.9. The Balaban J connectivity index is 1.34. The number of anilines is 2. The van der Waals surface area contributed by atoms with Crippen molar-refractivity contribution < 1.29 is 9.59 Å². The van der Waals surface area contributed by atoms with Gasteiger partial charge in [0.1, 0.15) is 5.25 Å². The van der Waals surface area contributed by atoms with Crippen molar-refractivity contribution in [1.29, 1.82) is 0 Å². The maximum Gasteiger partial charge on any atom is 0.255 e. The van der Waals surface area contributed by atoms with Crippen LogP contribution in [0.1, 0.15) is 26.7 Å². The zero-order chi connectivity index (χ0) is 25.6. The van der Waals surface area contributed by atoms with Crippen molar-refractivity contribution in [1.82, 2.24) is 0 Å². The van der Waals surface area contributed by atoms with E-state index in [1.54, 1.807) is 6.07 Å². The number of fused-ring (bicyclic) bond motifs is 1. The molecule has 5 aromatic carbocycles. The second-order valence-electron chi connectivity index (χ2n) is 8.77. The van der Waals surface area contributed by atoms with Crippen molar-refractivity contribution in [3.63, 3.8) is 0 Å². The molecule has 4 nitrogen and oxygen atoms in total. The number of rotatable bonds is 7. The minimum absolute atomic E-state index is 0.0932. The van der Waals surface area contributed by atoms with Gasteiger partial charge < -0.3 is 10.6 Å². The predicted octanol–water partition coefficient (Wildman–Crippen LogP) is 7.87. The topological polar surface area (TPSA) is 58.2 Å². The predicted molar refractivity (Wildman–Crippen MR) is 153 cm³/mol. The summed E-state index contributed by atoms with van der Waals surface area (Å²) in [6, 6.07) is 38.8. The third-order valence-corrected chi connectivity index (χ3v) is 7.30. The van der Waals surface area contributed by atoms with E-state index in [-0.39, 0.29) is 11.8 Å². The zero-order valence-corrected chi connectivity index (χ0v) is 21.2. The molecular formula is C32H26N2O2S. The molecule has 5 aromatic rings. The fourth-order valence-corrected chi connectivity index (χ4v) is 5.20. The third-order valence-electron chi connectivity index (χ3n) is 6.03. The SMILES string of the molecule is Cc1cccc(C(=O)Nc2ccc(SC(C(=O)Nc3cccc4ccccc34)c3ccccc3)cc2)c1. The van der Waals surface area contributed by atoms with E-state index < -0.39 is 5.25 Å². The molecule has 5 heteroatoms. The molecule has 1 unspecified atom stereocenters. The fraction of sp³-hybridized carbons (Fsp3) is 0.0625. The van der Waals surface area contributed by atoms with Crippen LogP contribution in [0.15, 0.2) is 126 Å². The minimum atomic E-state index is -0.451. The number of aryl methyl sites for hydroxylation is 1. The Morgan fingerprint density at radius 2 is 1.41 bits per heavy atom. The summed E-state index contributed by atoms with van der Waals surface area (Å²) in [5.41, 5.74) is 4.06. The number of hydrogen-bond donors (Lipinski definition) is 2. The Bertz CT molecular complexity index is 1540. The van der Waals surface area contributed by atoms with Crippen LogP contribution in [0.25, 0.3) is 10.8 Å². The number of carbonyl (C=O) groups is 2. The molecule has 0 fully saturated rings. The highest BCUT2D eigenvalue weighted by Gasteiger charge is 2.23. The average molecular weight is 503 g/mol. The number of hydrogen-bond acceptors (Lipinski definition) is 3. The van der Waals surface area contributed by atoms with Gasteiger partial charge in [0.25, 0.3) is 5.91 Å². The molecule has 0 spiro atoms. The van der Waals surface area contributed by atoms with Gasteiger partial charge in [-0.15, -0.1) is 11.8 Å². The Morgan fingerprint density at radius 1 is 0.703 bits per heavy atom. The van der Waals surface area contributed by atoms with E-state index in [1.165, 1.54) is 11.8 Å². The Kier molecular flexibility index (Phi) is 7.33. The largest absolute Gasteiger partial charge is 0.324 e. The molecule has 1 atom stereocenters. The third kappa shape index (κ3) is 5.90. The van der Waals surface area contributed by atoms with E-state index in [0.29, 0.717) is 11.3 Å². The number of amides is 2. The monoisotopic (exact) mass is 502 g/mol. The molecule has 37 heavy (non-hydrogen) atoms. The van der Waals surface area contributed by atoms with Gasteiger partial charge in [-0.25, -0.2) is 0 Å².